The van der Waals surface area contributed by atoms with Gasteiger partial charge in [0, 0.05) is 31.6 Å². The first-order chi connectivity index (χ1) is 12.1. The van der Waals surface area contributed by atoms with Crippen LogP contribution in [0.2, 0.25) is 0 Å². The summed E-state index contributed by atoms with van der Waals surface area (Å²) in [5.74, 6) is -0.747. The summed E-state index contributed by atoms with van der Waals surface area (Å²) in [5.41, 5.74) is 1.73. The smallest absolute Gasteiger partial charge is 0.224 e. The number of anilines is 1. The molecule has 1 aliphatic heterocycles. The van der Waals surface area contributed by atoms with E-state index in [0.29, 0.717) is 0 Å². The average Bonchev–Trinajstić information content (AvgIpc) is 3.08. The molecule has 2 heterocycles. The zero-order valence-electron chi connectivity index (χ0n) is 13.5. The Morgan fingerprint density at radius 3 is 2.52 bits per heavy atom. The summed E-state index contributed by atoms with van der Waals surface area (Å²) in [5, 5.41) is 4.11. The van der Waals surface area contributed by atoms with Gasteiger partial charge in [-0.25, -0.2) is 12.8 Å². The molecule has 7 heteroatoms. The third kappa shape index (κ3) is 2.79. The topological polar surface area (TPSA) is 65.2 Å². The van der Waals surface area contributed by atoms with Crippen molar-refractivity contribution in [1.82, 2.24) is 10.3 Å². The fourth-order valence-corrected chi connectivity index (χ4v) is 4.55. The van der Waals surface area contributed by atoms with Gasteiger partial charge in [-0.2, -0.15) is 0 Å². The Labute approximate surface area is 145 Å². The standard InChI is InChI=1S/C18H18FN3O2S/c19-14-5-1-2-7-16(14)25(23,24)17-12-13-4-3-6-15(18(13)21-17)22-10-8-20-9-11-22/h1-7,12,20-21H,8-11H2. The fourth-order valence-electron chi connectivity index (χ4n) is 3.21. The van der Waals surface area contributed by atoms with Crippen molar-refractivity contribution in [2.75, 3.05) is 31.1 Å². The van der Waals surface area contributed by atoms with E-state index in [-0.39, 0.29) is 9.92 Å². The van der Waals surface area contributed by atoms with E-state index < -0.39 is 15.7 Å². The third-order valence-corrected chi connectivity index (χ3v) is 6.19. The largest absolute Gasteiger partial charge is 0.367 e. The maximum atomic E-state index is 14.0. The zero-order valence-corrected chi connectivity index (χ0v) is 14.3. The van der Waals surface area contributed by atoms with Crippen LogP contribution in [-0.2, 0) is 9.84 Å². The highest BCUT2D eigenvalue weighted by molar-refractivity contribution is 7.91. The Morgan fingerprint density at radius 2 is 1.76 bits per heavy atom. The van der Waals surface area contributed by atoms with Crippen LogP contribution in [0.3, 0.4) is 0 Å². The number of nitrogens with one attached hydrogen (secondary N) is 2. The summed E-state index contributed by atoms with van der Waals surface area (Å²) in [4.78, 5) is 4.91. The number of benzene rings is 2. The predicted molar refractivity (Wildman–Crippen MR) is 95.2 cm³/mol. The lowest BCUT2D eigenvalue weighted by atomic mass is 10.2. The minimum absolute atomic E-state index is 0.00943. The van der Waals surface area contributed by atoms with Crippen molar-refractivity contribution < 1.29 is 12.8 Å². The Bertz CT molecular complexity index is 1020. The van der Waals surface area contributed by atoms with Gasteiger partial charge in [0.1, 0.15) is 15.7 Å². The number of hydrogen-bond donors (Lipinski definition) is 2. The number of rotatable bonds is 3. The van der Waals surface area contributed by atoms with E-state index >= 15 is 0 Å². The molecule has 3 aromatic rings. The number of halogens is 1. The van der Waals surface area contributed by atoms with E-state index in [1.165, 1.54) is 18.2 Å². The number of sulfone groups is 1. The second-order valence-electron chi connectivity index (χ2n) is 6.05. The van der Waals surface area contributed by atoms with Gasteiger partial charge in [0.15, 0.2) is 0 Å². The Morgan fingerprint density at radius 1 is 1.00 bits per heavy atom. The molecule has 1 aliphatic rings. The Kier molecular flexibility index (Phi) is 3.97. The highest BCUT2D eigenvalue weighted by atomic mass is 32.2. The van der Waals surface area contributed by atoms with Crippen molar-refractivity contribution >= 4 is 26.4 Å². The summed E-state index contributed by atoms with van der Waals surface area (Å²) in [6.45, 7) is 3.48. The van der Waals surface area contributed by atoms with Crippen LogP contribution in [-0.4, -0.2) is 39.6 Å². The first-order valence-corrected chi connectivity index (χ1v) is 9.63. The van der Waals surface area contributed by atoms with Crippen LogP contribution in [0.5, 0.6) is 0 Å². The summed E-state index contributed by atoms with van der Waals surface area (Å²) < 4.78 is 39.6. The van der Waals surface area contributed by atoms with Gasteiger partial charge < -0.3 is 15.2 Å². The quantitative estimate of drug-likeness (QED) is 0.754. The van der Waals surface area contributed by atoms with Crippen LogP contribution in [0.15, 0.2) is 58.5 Å². The molecule has 1 fully saturated rings. The van der Waals surface area contributed by atoms with Gasteiger partial charge in [-0.3, -0.25) is 0 Å². The summed E-state index contributed by atoms with van der Waals surface area (Å²) in [7, 11) is -3.94. The molecule has 2 aromatic carbocycles. The first kappa shape index (κ1) is 16.1. The number of aromatic nitrogens is 1. The maximum Gasteiger partial charge on any atom is 0.224 e. The van der Waals surface area contributed by atoms with Gasteiger partial charge in [0.2, 0.25) is 9.84 Å². The minimum Gasteiger partial charge on any atom is -0.367 e. The number of H-pyrrole nitrogens is 1. The Hall–Kier alpha value is -2.38. The van der Waals surface area contributed by atoms with Gasteiger partial charge in [0.05, 0.1) is 11.2 Å². The van der Waals surface area contributed by atoms with E-state index in [1.54, 1.807) is 6.07 Å². The number of nitrogens with zero attached hydrogens (tertiary/aromatic N) is 1. The second-order valence-corrected chi connectivity index (χ2v) is 7.93. The summed E-state index contributed by atoms with van der Waals surface area (Å²) >= 11 is 0. The van der Waals surface area contributed by atoms with Crippen LogP contribution in [0, 0.1) is 5.82 Å². The summed E-state index contributed by atoms with van der Waals surface area (Å²) in [6, 6.07) is 12.7. The molecule has 0 unspecified atom stereocenters. The molecule has 2 N–H and O–H groups in total. The van der Waals surface area contributed by atoms with Crippen molar-refractivity contribution in [3.8, 4) is 0 Å². The number of para-hydroxylation sites is 1. The lowest BCUT2D eigenvalue weighted by Crippen LogP contribution is -2.43. The molecule has 0 radical (unpaired) electrons. The van der Waals surface area contributed by atoms with Crippen molar-refractivity contribution in [2.45, 2.75) is 9.92 Å². The van der Waals surface area contributed by atoms with E-state index in [4.69, 9.17) is 0 Å². The number of hydrogen-bond acceptors (Lipinski definition) is 4. The molecule has 0 atom stereocenters. The van der Waals surface area contributed by atoms with Crippen molar-refractivity contribution in [3.05, 3.63) is 54.3 Å². The lowest BCUT2D eigenvalue weighted by molar-refractivity contribution is 0.565. The molecule has 4 rings (SSSR count). The van der Waals surface area contributed by atoms with E-state index in [2.05, 4.69) is 15.2 Å². The number of piperazine rings is 1. The van der Waals surface area contributed by atoms with Crippen LogP contribution in [0.25, 0.3) is 10.9 Å². The molecule has 0 aliphatic carbocycles. The van der Waals surface area contributed by atoms with Crippen LogP contribution in [0.1, 0.15) is 0 Å². The molecule has 0 saturated carbocycles. The van der Waals surface area contributed by atoms with E-state index in [0.717, 1.165) is 48.8 Å². The highest BCUT2D eigenvalue weighted by Crippen LogP contribution is 2.31. The number of aromatic amines is 1. The molecule has 130 valence electrons. The minimum atomic E-state index is -3.94. The summed E-state index contributed by atoms with van der Waals surface area (Å²) in [6.07, 6.45) is 0. The molecule has 1 aromatic heterocycles. The Balaban J connectivity index is 1.83. The molecule has 25 heavy (non-hydrogen) atoms. The normalized spacial score (nSPS) is 15.6. The molecule has 1 saturated heterocycles. The molecule has 0 spiro atoms. The van der Waals surface area contributed by atoms with Gasteiger partial charge in [0.25, 0.3) is 0 Å². The maximum absolute atomic E-state index is 14.0. The van der Waals surface area contributed by atoms with Crippen molar-refractivity contribution in [1.29, 1.82) is 0 Å². The zero-order chi connectivity index (χ0) is 17.4. The molecule has 0 amide bonds. The number of fused-ring (bicyclic) bond motifs is 1. The predicted octanol–water partition coefficient (Wildman–Crippen LogP) is 2.55. The van der Waals surface area contributed by atoms with Crippen molar-refractivity contribution in [2.24, 2.45) is 0 Å². The second kappa shape index (κ2) is 6.16. The van der Waals surface area contributed by atoms with Gasteiger partial charge in [-0.1, -0.05) is 24.3 Å². The molecular formula is C18H18FN3O2S. The van der Waals surface area contributed by atoms with Crippen molar-refractivity contribution in [3.63, 3.8) is 0 Å². The fraction of sp³-hybridized carbons (Fsp3) is 0.222. The first-order valence-electron chi connectivity index (χ1n) is 8.14. The SMILES string of the molecule is O=S(=O)(c1cc2cccc(N3CCNCC3)c2[nH]1)c1ccccc1F. The van der Waals surface area contributed by atoms with Gasteiger partial charge in [-0.15, -0.1) is 0 Å². The van der Waals surface area contributed by atoms with Crippen LogP contribution >= 0.6 is 0 Å². The van der Waals surface area contributed by atoms with E-state index in [1.807, 2.05) is 18.2 Å². The van der Waals surface area contributed by atoms with Crippen LogP contribution in [0.4, 0.5) is 10.1 Å². The third-order valence-electron chi connectivity index (χ3n) is 4.48. The monoisotopic (exact) mass is 359 g/mol. The average molecular weight is 359 g/mol. The molecule has 0 bridgehead atoms. The lowest BCUT2D eigenvalue weighted by Gasteiger charge is -2.29. The highest BCUT2D eigenvalue weighted by Gasteiger charge is 2.24. The van der Waals surface area contributed by atoms with Gasteiger partial charge in [-0.05, 0) is 24.3 Å². The molecular weight excluding hydrogens is 341 g/mol. The van der Waals surface area contributed by atoms with E-state index in [9.17, 15) is 12.8 Å². The van der Waals surface area contributed by atoms with Gasteiger partial charge >= 0.3 is 0 Å². The van der Waals surface area contributed by atoms with Crippen LogP contribution < -0.4 is 10.2 Å². The molecule has 5 nitrogen and oxygen atoms in total.